The first-order valence-corrected chi connectivity index (χ1v) is 7.36. The van der Waals surface area contributed by atoms with Gasteiger partial charge in [0, 0.05) is 13.1 Å². The van der Waals surface area contributed by atoms with E-state index in [4.69, 9.17) is 14.2 Å². The third kappa shape index (κ3) is 5.83. The van der Waals surface area contributed by atoms with E-state index in [1.807, 2.05) is 37.3 Å². The molecule has 1 N–H and O–H groups in total. The van der Waals surface area contributed by atoms with Crippen LogP contribution in [0.1, 0.15) is 12.5 Å². The molecule has 1 fully saturated rings. The average molecular weight is 293 g/mol. The maximum atomic E-state index is 11.9. The molecular weight excluding hydrogens is 270 g/mol. The molecule has 2 unspecified atom stereocenters. The summed E-state index contributed by atoms with van der Waals surface area (Å²) in [5.74, 6) is -0.370. The number of ether oxygens (including phenoxy) is 3. The van der Waals surface area contributed by atoms with Gasteiger partial charge in [-0.05, 0) is 5.56 Å². The zero-order valence-corrected chi connectivity index (χ0v) is 12.4. The molecule has 5 heteroatoms. The zero-order valence-electron chi connectivity index (χ0n) is 12.4. The van der Waals surface area contributed by atoms with Gasteiger partial charge in [0.15, 0.2) is 0 Å². The van der Waals surface area contributed by atoms with Crippen molar-refractivity contribution in [1.29, 1.82) is 0 Å². The van der Waals surface area contributed by atoms with E-state index in [0.717, 1.165) is 5.56 Å². The first-order chi connectivity index (χ1) is 10.3. The van der Waals surface area contributed by atoms with E-state index >= 15 is 0 Å². The molecule has 0 aromatic heterocycles. The van der Waals surface area contributed by atoms with Crippen molar-refractivity contribution in [2.24, 2.45) is 5.92 Å². The number of hydrogen-bond acceptors (Lipinski definition) is 5. The molecule has 2 atom stereocenters. The number of esters is 1. The van der Waals surface area contributed by atoms with Crippen molar-refractivity contribution >= 4 is 5.97 Å². The van der Waals surface area contributed by atoms with Gasteiger partial charge in [-0.1, -0.05) is 37.3 Å². The minimum absolute atomic E-state index is 0.0753. The second-order valence-corrected chi connectivity index (χ2v) is 5.22. The molecule has 116 valence electrons. The minimum atomic E-state index is -0.188. The predicted octanol–water partition coefficient (Wildman–Crippen LogP) is 1.37. The summed E-state index contributed by atoms with van der Waals surface area (Å²) in [5.41, 5.74) is 0.999. The van der Waals surface area contributed by atoms with Crippen LogP contribution in [0.5, 0.6) is 0 Å². The van der Waals surface area contributed by atoms with E-state index in [9.17, 15) is 4.79 Å². The maximum absolute atomic E-state index is 11.9. The molecule has 1 heterocycles. The number of nitrogens with one attached hydrogen (secondary N) is 1. The van der Waals surface area contributed by atoms with Gasteiger partial charge in [0.2, 0.25) is 0 Å². The maximum Gasteiger partial charge on any atom is 0.310 e. The van der Waals surface area contributed by atoms with Crippen LogP contribution >= 0.6 is 0 Å². The molecule has 5 nitrogen and oxygen atoms in total. The number of rotatable bonds is 7. The lowest BCUT2D eigenvalue weighted by Crippen LogP contribution is -2.39. The van der Waals surface area contributed by atoms with Crippen LogP contribution in [0.15, 0.2) is 30.3 Å². The smallest absolute Gasteiger partial charge is 0.310 e. The largest absolute Gasteiger partial charge is 0.461 e. The summed E-state index contributed by atoms with van der Waals surface area (Å²) >= 11 is 0. The molecule has 1 aliphatic rings. The fourth-order valence-corrected chi connectivity index (χ4v) is 2.07. The van der Waals surface area contributed by atoms with Gasteiger partial charge in [0.1, 0.15) is 6.61 Å². The van der Waals surface area contributed by atoms with Gasteiger partial charge in [-0.3, -0.25) is 4.79 Å². The molecule has 0 amide bonds. The molecule has 0 bridgehead atoms. The Labute approximate surface area is 125 Å². The van der Waals surface area contributed by atoms with E-state index < -0.39 is 0 Å². The lowest BCUT2D eigenvalue weighted by molar-refractivity contribution is -0.149. The highest BCUT2D eigenvalue weighted by Gasteiger charge is 2.17. The first kappa shape index (κ1) is 15.9. The molecule has 0 saturated carbocycles. The molecule has 0 radical (unpaired) electrons. The molecule has 1 aromatic carbocycles. The lowest BCUT2D eigenvalue weighted by Gasteiger charge is -2.23. The molecule has 1 aliphatic heterocycles. The fourth-order valence-electron chi connectivity index (χ4n) is 2.07. The highest BCUT2D eigenvalue weighted by Crippen LogP contribution is 2.05. The van der Waals surface area contributed by atoms with Gasteiger partial charge in [-0.25, -0.2) is 0 Å². The van der Waals surface area contributed by atoms with Crippen molar-refractivity contribution < 1.29 is 19.0 Å². The van der Waals surface area contributed by atoms with Gasteiger partial charge >= 0.3 is 5.97 Å². The van der Waals surface area contributed by atoms with Crippen LogP contribution in [0.3, 0.4) is 0 Å². The Kier molecular flexibility index (Phi) is 6.66. The second kappa shape index (κ2) is 8.77. The highest BCUT2D eigenvalue weighted by molar-refractivity contribution is 5.72. The molecule has 0 spiro atoms. The summed E-state index contributed by atoms with van der Waals surface area (Å²) < 4.78 is 16.1. The van der Waals surface area contributed by atoms with E-state index in [1.54, 1.807) is 0 Å². The van der Waals surface area contributed by atoms with Crippen molar-refractivity contribution in [1.82, 2.24) is 5.32 Å². The van der Waals surface area contributed by atoms with Gasteiger partial charge in [-0.15, -0.1) is 0 Å². The summed E-state index contributed by atoms with van der Waals surface area (Å²) in [4.78, 5) is 11.9. The Hall–Kier alpha value is -1.43. The van der Waals surface area contributed by atoms with Crippen LogP contribution in [-0.4, -0.2) is 45.0 Å². The molecule has 0 aliphatic carbocycles. The Morgan fingerprint density at radius 3 is 2.90 bits per heavy atom. The second-order valence-electron chi connectivity index (χ2n) is 5.22. The van der Waals surface area contributed by atoms with Crippen LogP contribution in [0.2, 0.25) is 0 Å². The number of carbonyl (C=O) groups excluding carboxylic acids is 1. The Morgan fingerprint density at radius 1 is 1.38 bits per heavy atom. The van der Waals surface area contributed by atoms with E-state index in [1.165, 1.54) is 0 Å². The number of benzene rings is 1. The van der Waals surface area contributed by atoms with Crippen LogP contribution in [0, 0.1) is 5.92 Å². The quantitative estimate of drug-likeness (QED) is 0.770. The summed E-state index contributed by atoms with van der Waals surface area (Å²) in [7, 11) is 0. The standard InChI is InChI=1S/C16H23NO4/c1-13(9-17-10-15-12-19-7-8-20-15)16(18)21-11-14-5-3-2-4-6-14/h2-6,13,15,17H,7-12H2,1H3. The molecule has 1 saturated heterocycles. The third-order valence-electron chi connectivity index (χ3n) is 3.33. The summed E-state index contributed by atoms with van der Waals surface area (Å²) in [6, 6.07) is 9.68. The normalized spacial score (nSPS) is 20.0. The SMILES string of the molecule is CC(CNCC1COCCO1)C(=O)OCc1ccccc1. The van der Waals surface area contributed by atoms with Crippen molar-refractivity contribution in [3.8, 4) is 0 Å². The summed E-state index contributed by atoms with van der Waals surface area (Å²) in [6.45, 7) is 5.37. The van der Waals surface area contributed by atoms with Crippen LogP contribution < -0.4 is 5.32 Å². The monoisotopic (exact) mass is 293 g/mol. The summed E-state index contributed by atoms with van der Waals surface area (Å²) in [6.07, 6.45) is 0.0753. The predicted molar refractivity (Wildman–Crippen MR) is 78.8 cm³/mol. The van der Waals surface area contributed by atoms with Gasteiger partial charge < -0.3 is 19.5 Å². The Morgan fingerprint density at radius 2 is 2.19 bits per heavy atom. The topological polar surface area (TPSA) is 56.8 Å². The third-order valence-corrected chi connectivity index (χ3v) is 3.33. The van der Waals surface area contributed by atoms with Gasteiger partial charge in [0.25, 0.3) is 0 Å². The van der Waals surface area contributed by atoms with Gasteiger partial charge in [0.05, 0.1) is 31.8 Å². The van der Waals surface area contributed by atoms with E-state index in [0.29, 0.717) is 39.5 Å². The molecule has 1 aromatic rings. The summed E-state index contributed by atoms with van der Waals surface area (Å²) in [5, 5.41) is 3.23. The van der Waals surface area contributed by atoms with Crippen LogP contribution in [0.25, 0.3) is 0 Å². The van der Waals surface area contributed by atoms with Crippen LogP contribution in [-0.2, 0) is 25.6 Å². The first-order valence-electron chi connectivity index (χ1n) is 7.36. The highest BCUT2D eigenvalue weighted by atomic mass is 16.6. The zero-order chi connectivity index (χ0) is 14.9. The van der Waals surface area contributed by atoms with Crippen LogP contribution in [0.4, 0.5) is 0 Å². The van der Waals surface area contributed by atoms with Gasteiger partial charge in [-0.2, -0.15) is 0 Å². The molecule has 2 rings (SSSR count). The molecular formula is C16H23NO4. The number of carbonyl (C=O) groups is 1. The van der Waals surface area contributed by atoms with Crippen molar-refractivity contribution in [3.63, 3.8) is 0 Å². The van der Waals surface area contributed by atoms with E-state index in [2.05, 4.69) is 5.32 Å². The minimum Gasteiger partial charge on any atom is -0.461 e. The average Bonchev–Trinajstić information content (AvgIpc) is 2.54. The fraction of sp³-hybridized carbons (Fsp3) is 0.562. The van der Waals surface area contributed by atoms with Crippen molar-refractivity contribution in [2.75, 3.05) is 32.9 Å². The number of hydrogen-bond donors (Lipinski definition) is 1. The van der Waals surface area contributed by atoms with Crippen molar-refractivity contribution in [2.45, 2.75) is 19.6 Å². The molecule has 21 heavy (non-hydrogen) atoms. The Balaban J connectivity index is 1.60. The van der Waals surface area contributed by atoms with Crippen molar-refractivity contribution in [3.05, 3.63) is 35.9 Å². The lowest BCUT2D eigenvalue weighted by atomic mass is 10.2. The Bertz CT molecular complexity index is 418. The van der Waals surface area contributed by atoms with E-state index in [-0.39, 0.29) is 18.0 Å².